The Balaban J connectivity index is 0.00000160. The summed E-state index contributed by atoms with van der Waals surface area (Å²) in [5, 5.41) is 4.15. The van der Waals surface area contributed by atoms with Gasteiger partial charge in [0, 0.05) is 38.3 Å². The lowest BCUT2D eigenvalue weighted by Crippen LogP contribution is -2.56. The van der Waals surface area contributed by atoms with Crippen molar-refractivity contribution >= 4 is 66.6 Å². The van der Waals surface area contributed by atoms with Gasteiger partial charge in [0.15, 0.2) is 0 Å². The highest BCUT2D eigenvalue weighted by Crippen LogP contribution is 2.34. The molecule has 2 aliphatic rings. The number of imidazole rings is 1. The second kappa shape index (κ2) is 14.4. The zero-order valence-electron chi connectivity index (χ0n) is 21.2. The van der Waals surface area contributed by atoms with Gasteiger partial charge in [-0.25, -0.2) is 4.98 Å². The van der Waals surface area contributed by atoms with Crippen molar-refractivity contribution < 1.29 is 4.79 Å². The van der Waals surface area contributed by atoms with E-state index in [-0.39, 0.29) is 43.1 Å². The molecule has 10 heteroatoms. The number of unbranched alkanes of at least 4 members (excludes halogenated alkanes) is 1. The number of halogens is 3. The number of thioether (sulfide) groups is 1. The summed E-state index contributed by atoms with van der Waals surface area (Å²) in [4.78, 5) is 23.1. The number of aromatic nitrogens is 2. The summed E-state index contributed by atoms with van der Waals surface area (Å²) in [7, 11) is 0. The van der Waals surface area contributed by atoms with Gasteiger partial charge in [-0.05, 0) is 57.0 Å². The highest BCUT2D eigenvalue weighted by atomic mass is 35.5. The van der Waals surface area contributed by atoms with Crippen LogP contribution in [-0.2, 0) is 11.3 Å². The summed E-state index contributed by atoms with van der Waals surface area (Å²) >= 11 is 1.51. The normalized spacial score (nSPS) is 19.2. The zero-order chi connectivity index (χ0) is 23.5. The number of nitrogens with one attached hydrogen (secondary N) is 1. The molecule has 1 fully saturated rings. The van der Waals surface area contributed by atoms with Crippen molar-refractivity contribution in [1.29, 1.82) is 0 Å². The van der Waals surface area contributed by atoms with Crippen molar-refractivity contribution in [2.75, 3.05) is 26.2 Å². The van der Waals surface area contributed by atoms with Crippen LogP contribution in [0.1, 0.15) is 37.9 Å². The van der Waals surface area contributed by atoms with Gasteiger partial charge in [-0.15, -0.1) is 37.2 Å². The molecule has 1 amide bonds. The van der Waals surface area contributed by atoms with E-state index in [0.29, 0.717) is 18.6 Å². The fourth-order valence-electron chi connectivity index (χ4n) is 5.10. The molecule has 5 rings (SSSR count). The number of nitrogens with zero attached hydrogens (tertiary/aromatic N) is 4. The smallest absolute Gasteiger partial charge is 0.258 e. The highest BCUT2D eigenvalue weighted by molar-refractivity contribution is 8.04. The van der Waals surface area contributed by atoms with Crippen LogP contribution in [0.3, 0.4) is 0 Å². The molecule has 0 saturated carbocycles. The molecule has 2 aliphatic heterocycles. The SMILES string of the molecule is C[C@@H]1CN(CCCCNC(=O)C2=Cc3cnc4cccc(n34)S2)C[C@H](C)N1Cc1ccccc1.Cl.Cl.Cl. The number of piperazine rings is 1. The molecule has 1 aromatic carbocycles. The summed E-state index contributed by atoms with van der Waals surface area (Å²) in [6.45, 7) is 9.70. The van der Waals surface area contributed by atoms with Crippen LogP contribution in [-0.4, -0.2) is 63.4 Å². The molecule has 0 radical (unpaired) electrons. The van der Waals surface area contributed by atoms with E-state index >= 15 is 0 Å². The van der Waals surface area contributed by atoms with Crippen LogP contribution in [0.25, 0.3) is 11.7 Å². The Labute approximate surface area is 242 Å². The van der Waals surface area contributed by atoms with Gasteiger partial charge in [0.05, 0.1) is 21.8 Å². The van der Waals surface area contributed by atoms with E-state index < -0.39 is 0 Å². The number of rotatable bonds is 8. The van der Waals surface area contributed by atoms with E-state index in [2.05, 4.69) is 68.7 Å². The maximum atomic E-state index is 12.7. The Bertz CT molecular complexity index is 1180. The van der Waals surface area contributed by atoms with E-state index in [1.54, 1.807) is 0 Å². The maximum absolute atomic E-state index is 12.7. The lowest BCUT2D eigenvalue weighted by molar-refractivity contribution is -0.116. The van der Waals surface area contributed by atoms with Crippen molar-refractivity contribution in [2.24, 2.45) is 0 Å². The van der Waals surface area contributed by atoms with Crippen LogP contribution < -0.4 is 5.32 Å². The molecule has 1 saturated heterocycles. The Morgan fingerprint density at radius 3 is 2.46 bits per heavy atom. The third-order valence-corrected chi connectivity index (χ3v) is 7.86. The Morgan fingerprint density at radius 2 is 1.73 bits per heavy atom. The van der Waals surface area contributed by atoms with Crippen molar-refractivity contribution in [2.45, 2.75) is 50.3 Å². The van der Waals surface area contributed by atoms with Crippen LogP contribution in [0.15, 0.2) is 64.7 Å². The molecule has 0 bridgehead atoms. The second-order valence-corrected chi connectivity index (χ2v) is 10.5. The molecule has 4 heterocycles. The second-order valence-electron chi connectivity index (χ2n) is 9.43. The summed E-state index contributed by atoms with van der Waals surface area (Å²) in [6.07, 6.45) is 5.85. The monoisotopic (exact) mass is 583 g/mol. The maximum Gasteiger partial charge on any atom is 0.258 e. The fraction of sp³-hybridized carbons (Fsp3) is 0.407. The first kappa shape index (κ1) is 31.5. The molecule has 0 spiro atoms. The number of pyridine rings is 1. The van der Waals surface area contributed by atoms with Crippen molar-refractivity contribution in [1.82, 2.24) is 24.5 Å². The first-order valence-electron chi connectivity index (χ1n) is 12.2. The average molecular weight is 585 g/mol. The van der Waals surface area contributed by atoms with E-state index in [9.17, 15) is 4.79 Å². The van der Waals surface area contributed by atoms with Crippen molar-refractivity contribution in [3.8, 4) is 0 Å². The van der Waals surface area contributed by atoms with E-state index in [1.807, 2.05) is 30.5 Å². The molecular formula is C27H36Cl3N5OS. The van der Waals surface area contributed by atoms with Crippen LogP contribution in [0.5, 0.6) is 0 Å². The fourth-order valence-corrected chi connectivity index (χ4v) is 6.11. The zero-order valence-corrected chi connectivity index (χ0v) is 24.5. The lowest BCUT2D eigenvalue weighted by Gasteiger charge is -2.44. The van der Waals surface area contributed by atoms with Crippen LogP contribution in [0, 0.1) is 0 Å². The molecule has 2 aromatic heterocycles. The van der Waals surface area contributed by atoms with E-state index in [0.717, 1.165) is 60.3 Å². The average Bonchev–Trinajstić information content (AvgIpc) is 3.26. The third-order valence-electron chi connectivity index (χ3n) is 6.81. The number of hydrogen-bond acceptors (Lipinski definition) is 5. The molecule has 202 valence electrons. The molecule has 1 N–H and O–H groups in total. The van der Waals surface area contributed by atoms with Crippen molar-refractivity contribution in [3.63, 3.8) is 0 Å². The number of amides is 1. The minimum Gasteiger partial charge on any atom is -0.352 e. The molecular weight excluding hydrogens is 549 g/mol. The van der Waals surface area contributed by atoms with Gasteiger partial charge < -0.3 is 10.2 Å². The largest absolute Gasteiger partial charge is 0.352 e. The van der Waals surface area contributed by atoms with Crippen molar-refractivity contribution in [3.05, 3.63) is 70.9 Å². The topological polar surface area (TPSA) is 52.9 Å². The Kier molecular flexibility index (Phi) is 12.3. The Hall–Kier alpha value is -1.74. The molecule has 2 atom stereocenters. The number of carbonyl (C=O) groups excluding carboxylic acids is 1. The van der Waals surface area contributed by atoms with E-state index in [1.165, 1.54) is 17.3 Å². The molecule has 0 aliphatic carbocycles. The standard InChI is InChI=1S/C27H33N5OS.3ClH/c1-20-17-30(18-21(2)31(20)19-22-9-4-3-5-10-22)14-7-6-13-28-27(33)24-15-23-16-29-25-11-8-12-26(34-24)32(23)25;;;/h3-5,8-12,15-16,20-21H,6-7,13-14,17-19H2,1-2H3,(H,28,33);3*1H/t20-,21+;;;. The van der Waals surface area contributed by atoms with Crippen LogP contribution in [0.4, 0.5) is 0 Å². The van der Waals surface area contributed by atoms with Gasteiger partial charge in [0.25, 0.3) is 5.91 Å². The van der Waals surface area contributed by atoms with Gasteiger partial charge in [-0.3, -0.25) is 14.1 Å². The summed E-state index contributed by atoms with van der Waals surface area (Å²) < 4.78 is 2.09. The first-order valence-corrected chi connectivity index (χ1v) is 13.1. The van der Waals surface area contributed by atoms with Gasteiger partial charge in [-0.1, -0.05) is 48.2 Å². The van der Waals surface area contributed by atoms with Gasteiger partial charge in [0.1, 0.15) is 5.65 Å². The van der Waals surface area contributed by atoms with Gasteiger partial charge in [-0.2, -0.15) is 0 Å². The predicted octanol–water partition coefficient (Wildman–Crippen LogP) is 5.54. The van der Waals surface area contributed by atoms with Gasteiger partial charge in [0.2, 0.25) is 0 Å². The van der Waals surface area contributed by atoms with Gasteiger partial charge >= 0.3 is 0 Å². The third kappa shape index (κ3) is 7.43. The summed E-state index contributed by atoms with van der Waals surface area (Å²) in [5.74, 6) is 0.00576. The molecule has 6 nitrogen and oxygen atoms in total. The first-order chi connectivity index (χ1) is 16.6. The van der Waals surface area contributed by atoms with Crippen LogP contribution in [0.2, 0.25) is 0 Å². The minimum atomic E-state index is 0. The molecule has 37 heavy (non-hydrogen) atoms. The molecule has 0 unspecified atom stereocenters. The Morgan fingerprint density at radius 1 is 1.00 bits per heavy atom. The van der Waals surface area contributed by atoms with Crippen LogP contribution >= 0.6 is 49.0 Å². The summed E-state index contributed by atoms with van der Waals surface area (Å²) in [5.41, 5.74) is 3.27. The quantitative estimate of drug-likeness (QED) is 0.353. The predicted molar refractivity (Wildman–Crippen MR) is 160 cm³/mol. The number of carbonyl (C=O) groups is 1. The number of hydrogen-bond donors (Lipinski definition) is 1. The lowest BCUT2D eigenvalue weighted by atomic mass is 10.1. The number of benzene rings is 1. The summed E-state index contributed by atoms with van der Waals surface area (Å²) in [6, 6.07) is 17.8. The highest BCUT2D eigenvalue weighted by Gasteiger charge is 2.29. The molecule has 3 aromatic rings. The minimum absolute atomic E-state index is 0. The van der Waals surface area contributed by atoms with E-state index in [4.69, 9.17) is 0 Å².